The second-order valence-corrected chi connectivity index (χ2v) is 5.16. The molecular weight excluding hydrogens is 224 g/mol. The van der Waals surface area contributed by atoms with Gasteiger partial charge in [-0.1, -0.05) is 38.2 Å². The first-order chi connectivity index (χ1) is 8.37. The molecule has 0 spiro atoms. The number of allylic oxidation sites excluding steroid dienone is 2. The summed E-state index contributed by atoms with van der Waals surface area (Å²) in [4.78, 5) is 11.8. The average molecular weight is 250 g/mol. The third-order valence-electron chi connectivity index (χ3n) is 2.76. The lowest BCUT2D eigenvalue weighted by atomic mass is 9.92. The van der Waals surface area contributed by atoms with Crippen LogP contribution in [0, 0.1) is 5.92 Å². The highest BCUT2D eigenvalue weighted by atomic mass is 16.6. The number of rotatable bonds is 8. The molecule has 102 valence electrons. The van der Waals surface area contributed by atoms with E-state index in [9.17, 15) is 4.79 Å². The van der Waals surface area contributed by atoms with Crippen LogP contribution in [0.1, 0.15) is 47.0 Å². The van der Waals surface area contributed by atoms with Gasteiger partial charge in [-0.25, -0.2) is 0 Å². The summed E-state index contributed by atoms with van der Waals surface area (Å²) in [5.41, 5.74) is 0.649. The minimum absolute atomic E-state index is 0.127. The lowest BCUT2D eigenvalue weighted by Crippen LogP contribution is -2.34. The Labute approximate surface area is 111 Å². The van der Waals surface area contributed by atoms with Crippen molar-refractivity contribution in [2.45, 2.75) is 52.6 Å². The van der Waals surface area contributed by atoms with Gasteiger partial charge in [0.05, 0.1) is 5.92 Å². The lowest BCUT2D eigenvalue weighted by molar-refractivity contribution is -0.159. The van der Waals surface area contributed by atoms with Crippen molar-refractivity contribution in [3.63, 3.8) is 0 Å². The smallest absolute Gasteiger partial charge is 0.309 e. The normalized spacial score (nSPS) is 13.6. The second kappa shape index (κ2) is 7.91. The molecule has 0 radical (unpaired) electrons. The molecule has 0 N–H and O–H groups in total. The van der Waals surface area contributed by atoms with Gasteiger partial charge in [0.15, 0.2) is 0 Å². The number of carbonyl (C=O) groups excluding carboxylic acids is 1. The number of esters is 1. The van der Waals surface area contributed by atoms with E-state index in [0.29, 0.717) is 6.42 Å². The molecule has 0 rings (SSSR count). The molecule has 0 saturated heterocycles. The Kier molecular flexibility index (Phi) is 7.33. The highest BCUT2D eigenvalue weighted by Crippen LogP contribution is 2.26. The first-order valence-electron chi connectivity index (χ1n) is 6.47. The maximum atomic E-state index is 11.8. The van der Waals surface area contributed by atoms with Gasteiger partial charge in [-0.05, 0) is 32.8 Å². The Morgan fingerprint density at radius 1 is 1.33 bits per heavy atom. The molecule has 1 atom stereocenters. The Morgan fingerprint density at radius 2 is 1.94 bits per heavy atom. The van der Waals surface area contributed by atoms with Crippen LogP contribution in [0.5, 0.6) is 0 Å². The molecule has 1 unspecified atom stereocenters. The van der Waals surface area contributed by atoms with E-state index in [1.807, 2.05) is 13.8 Å². The van der Waals surface area contributed by atoms with E-state index in [1.165, 1.54) is 5.57 Å². The molecule has 0 saturated carbocycles. The lowest BCUT2D eigenvalue weighted by Gasteiger charge is -2.30. The molecule has 0 aliphatic carbocycles. The molecule has 0 aromatic rings. The highest BCUT2D eigenvalue weighted by Gasteiger charge is 2.29. The molecule has 0 fully saturated rings. The SMILES string of the molecule is C=CCC(C=C)(CCC=C(C)C)OC(=O)C(C)C. The van der Waals surface area contributed by atoms with E-state index in [0.717, 1.165) is 12.8 Å². The van der Waals surface area contributed by atoms with E-state index >= 15 is 0 Å². The quantitative estimate of drug-likeness (QED) is 0.470. The standard InChI is InChI=1S/C16H26O2/c1-7-11-16(8-2,12-9-10-13(3)4)18-15(17)14(5)6/h7-8,10,14H,1-2,9,11-12H2,3-6H3. The van der Waals surface area contributed by atoms with Gasteiger partial charge in [0.1, 0.15) is 5.60 Å². The summed E-state index contributed by atoms with van der Waals surface area (Å²) in [6.07, 6.45) is 7.86. The number of carbonyl (C=O) groups is 1. The summed E-state index contributed by atoms with van der Waals surface area (Å²) in [5, 5.41) is 0. The third-order valence-corrected chi connectivity index (χ3v) is 2.76. The zero-order chi connectivity index (χ0) is 14.2. The van der Waals surface area contributed by atoms with Crippen molar-refractivity contribution >= 4 is 5.97 Å². The van der Waals surface area contributed by atoms with E-state index in [2.05, 4.69) is 33.1 Å². The fourth-order valence-electron chi connectivity index (χ4n) is 1.59. The van der Waals surface area contributed by atoms with Crippen molar-refractivity contribution in [2.75, 3.05) is 0 Å². The summed E-state index contributed by atoms with van der Waals surface area (Å²) >= 11 is 0. The highest BCUT2D eigenvalue weighted by molar-refractivity contribution is 5.72. The largest absolute Gasteiger partial charge is 0.454 e. The van der Waals surface area contributed by atoms with Crippen LogP contribution >= 0.6 is 0 Å². The minimum atomic E-state index is -0.616. The van der Waals surface area contributed by atoms with Crippen molar-refractivity contribution < 1.29 is 9.53 Å². The molecule has 0 aliphatic heterocycles. The van der Waals surface area contributed by atoms with Gasteiger partial charge in [-0.2, -0.15) is 0 Å². The molecule has 2 heteroatoms. The maximum Gasteiger partial charge on any atom is 0.309 e. The van der Waals surface area contributed by atoms with Gasteiger partial charge in [-0.3, -0.25) is 4.79 Å². The summed E-state index contributed by atoms with van der Waals surface area (Å²) in [5.74, 6) is -0.313. The Balaban J connectivity index is 4.80. The second-order valence-electron chi connectivity index (χ2n) is 5.16. The van der Waals surface area contributed by atoms with Gasteiger partial charge in [0, 0.05) is 6.42 Å². The van der Waals surface area contributed by atoms with Crippen LogP contribution in [0.15, 0.2) is 37.0 Å². The summed E-state index contributed by atoms with van der Waals surface area (Å²) in [6, 6.07) is 0. The van der Waals surface area contributed by atoms with Crippen LogP contribution in [0.3, 0.4) is 0 Å². The van der Waals surface area contributed by atoms with Crippen molar-refractivity contribution in [3.05, 3.63) is 37.0 Å². The Morgan fingerprint density at radius 3 is 2.33 bits per heavy atom. The first kappa shape index (κ1) is 16.7. The molecule has 0 aromatic heterocycles. The number of ether oxygens (including phenoxy) is 1. The van der Waals surface area contributed by atoms with E-state index < -0.39 is 5.60 Å². The van der Waals surface area contributed by atoms with Crippen molar-refractivity contribution in [1.82, 2.24) is 0 Å². The Bertz CT molecular complexity index is 322. The van der Waals surface area contributed by atoms with E-state index in [-0.39, 0.29) is 11.9 Å². The predicted octanol–water partition coefficient (Wildman–Crippen LogP) is 4.43. The van der Waals surface area contributed by atoms with Crippen LogP contribution in [-0.4, -0.2) is 11.6 Å². The predicted molar refractivity (Wildman–Crippen MR) is 77.3 cm³/mol. The summed E-state index contributed by atoms with van der Waals surface area (Å²) < 4.78 is 5.61. The molecular formula is C16H26O2. The Hall–Kier alpha value is -1.31. The van der Waals surface area contributed by atoms with Crippen LogP contribution in [-0.2, 0) is 9.53 Å². The monoisotopic (exact) mass is 250 g/mol. The molecule has 0 heterocycles. The van der Waals surface area contributed by atoms with Crippen molar-refractivity contribution in [1.29, 1.82) is 0 Å². The first-order valence-corrected chi connectivity index (χ1v) is 6.47. The van der Waals surface area contributed by atoms with Crippen LogP contribution in [0.2, 0.25) is 0 Å². The fourth-order valence-corrected chi connectivity index (χ4v) is 1.59. The van der Waals surface area contributed by atoms with E-state index in [4.69, 9.17) is 4.74 Å². The molecule has 0 amide bonds. The van der Waals surface area contributed by atoms with Gasteiger partial charge >= 0.3 is 5.97 Å². The molecule has 0 aliphatic rings. The van der Waals surface area contributed by atoms with Gasteiger partial charge < -0.3 is 4.74 Å². The zero-order valence-corrected chi connectivity index (χ0v) is 12.2. The van der Waals surface area contributed by atoms with Crippen LogP contribution in [0.4, 0.5) is 0 Å². The summed E-state index contributed by atoms with van der Waals surface area (Å²) in [7, 11) is 0. The van der Waals surface area contributed by atoms with E-state index in [1.54, 1.807) is 12.2 Å². The minimum Gasteiger partial charge on any atom is -0.454 e. The molecule has 0 aromatic carbocycles. The zero-order valence-electron chi connectivity index (χ0n) is 12.2. The van der Waals surface area contributed by atoms with Crippen LogP contribution in [0.25, 0.3) is 0 Å². The number of hydrogen-bond acceptors (Lipinski definition) is 2. The molecule has 0 bridgehead atoms. The van der Waals surface area contributed by atoms with Crippen LogP contribution < -0.4 is 0 Å². The molecule has 2 nitrogen and oxygen atoms in total. The molecule has 18 heavy (non-hydrogen) atoms. The van der Waals surface area contributed by atoms with Crippen molar-refractivity contribution in [2.24, 2.45) is 5.92 Å². The summed E-state index contributed by atoms with van der Waals surface area (Å²) in [6.45, 7) is 15.3. The fraction of sp³-hybridized carbons (Fsp3) is 0.562. The van der Waals surface area contributed by atoms with Gasteiger partial charge in [-0.15, -0.1) is 6.58 Å². The van der Waals surface area contributed by atoms with Gasteiger partial charge in [0.25, 0.3) is 0 Å². The number of hydrogen-bond donors (Lipinski definition) is 0. The van der Waals surface area contributed by atoms with Crippen molar-refractivity contribution in [3.8, 4) is 0 Å². The topological polar surface area (TPSA) is 26.3 Å². The third kappa shape index (κ3) is 5.85. The average Bonchev–Trinajstić information content (AvgIpc) is 2.28. The van der Waals surface area contributed by atoms with Gasteiger partial charge in [0.2, 0.25) is 0 Å². The maximum absolute atomic E-state index is 11.8.